The van der Waals surface area contributed by atoms with Gasteiger partial charge >= 0.3 is 12.2 Å². The van der Waals surface area contributed by atoms with Crippen molar-refractivity contribution in [1.82, 2.24) is 5.32 Å². The first-order chi connectivity index (χ1) is 10.2. The second-order valence-corrected chi connectivity index (χ2v) is 5.05. The molecule has 1 aliphatic rings. The molecule has 0 amide bonds. The number of nitrogens with zero attached hydrogens (tertiary/aromatic N) is 2. The lowest BCUT2D eigenvalue weighted by Crippen LogP contribution is -2.52. The Morgan fingerprint density at radius 3 is 2.32 bits per heavy atom. The highest BCUT2D eigenvalue weighted by Crippen LogP contribution is 2.49. The first kappa shape index (κ1) is 16.5. The maximum absolute atomic E-state index is 13.1. The molecule has 0 spiro atoms. The monoisotopic (exact) mass is 355 g/mol. The summed E-state index contributed by atoms with van der Waals surface area (Å²) in [6.07, 6.45) is -6.42. The lowest BCUT2D eigenvalue weighted by atomic mass is 10.2. The number of amidine groups is 1. The van der Waals surface area contributed by atoms with Gasteiger partial charge in [-0.3, -0.25) is 5.32 Å². The largest absolute Gasteiger partial charge is 0.507 e. The van der Waals surface area contributed by atoms with E-state index in [0.29, 0.717) is 0 Å². The Kier molecular flexibility index (Phi) is 4.30. The topological polar surface area (TPSA) is 66.6 Å². The van der Waals surface area contributed by atoms with E-state index in [2.05, 4.69) is 19.8 Å². The van der Waals surface area contributed by atoms with Crippen LogP contribution >= 0.6 is 23.4 Å². The van der Waals surface area contributed by atoms with E-state index in [9.17, 15) is 17.6 Å². The highest BCUT2D eigenvalue weighted by atomic mass is 35.5. The average Bonchev–Trinajstić information content (AvgIpc) is 2.41. The van der Waals surface area contributed by atoms with E-state index in [-0.39, 0.29) is 15.9 Å². The number of rotatable bonds is 1. The minimum Gasteiger partial charge on any atom is -0.421 e. The van der Waals surface area contributed by atoms with Crippen LogP contribution in [0.4, 0.5) is 23.2 Å². The van der Waals surface area contributed by atoms with Crippen molar-refractivity contribution < 1.29 is 27.0 Å². The van der Waals surface area contributed by atoms with E-state index in [1.54, 1.807) is 12.4 Å². The highest BCUT2D eigenvalue weighted by Gasteiger charge is 2.66. The standard InChI is InChI=1S/C11H6ClF4N3O2S/c1-22-9(18-4-17)19-6-3-8-7(2-5(6)12)20-10(13,14)11(15,16)21-8/h2-3H,1H3,(H,18,19). The van der Waals surface area contributed by atoms with Gasteiger partial charge in [-0.2, -0.15) is 22.8 Å². The first-order valence-electron chi connectivity index (χ1n) is 5.45. The van der Waals surface area contributed by atoms with E-state index >= 15 is 0 Å². The van der Waals surface area contributed by atoms with Gasteiger partial charge in [0.05, 0.1) is 10.7 Å². The third-order valence-corrected chi connectivity index (χ3v) is 3.29. The third kappa shape index (κ3) is 3.00. The molecule has 1 aromatic rings. The smallest absolute Gasteiger partial charge is 0.421 e. The molecular formula is C11H6ClF4N3O2S. The van der Waals surface area contributed by atoms with Gasteiger partial charge in [0, 0.05) is 12.1 Å². The maximum Gasteiger partial charge on any atom is 0.507 e. The van der Waals surface area contributed by atoms with Crippen molar-refractivity contribution >= 4 is 34.2 Å². The van der Waals surface area contributed by atoms with E-state index in [1.807, 2.05) is 0 Å². The van der Waals surface area contributed by atoms with Crippen LogP contribution in [-0.2, 0) is 0 Å². The van der Waals surface area contributed by atoms with E-state index in [0.717, 1.165) is 23.9 Å². The molecule has 22 heavy (non-hydrogen) atoms. The van der Waals surface area contributed by atoms with Gasteiger partial charge < -0.3 is 9.47 Å². The van der Waals surface area contributed by atoms with Gasteiger partial charge in [-0.1, -0.05) is 23.4 Å². The van der Waals surface area contributed by atoms with Crippen LogP contribution in [0.2, 0.25) is 5.02 Å². The van der Waals surface area contributed by atoms with Crippen LogP contribution in [0.15, 0.2) is 17.1 Å². The van der Waals surface area contributed by atoms with Crippen molar-refractivity contribution in [2.75, 3.05) is 6.26 Å². The van der Waals surface area contributed by atoms with Crippen molar-refractivity contribution in [2.45, 2.75) is 12.2 Å². The van der Waals surface area contributed by atoms with Crippen molar-refractivity contribution in [2.24, 2.45) is 4.99 Å². The molecule has 0 fully saturated rings. The molecule has 0 bridgehead atoms. The molecule has 2 rings (SSSR count). The minimum atomic E-state index is -4.83. The number of nitrogens with one attached hydrogen (secondary N) is 1. The minimum absolute atomic E-state index is 0.0582. The Morgan fingerprint density at radius 1 is 1.27 bits per heavy atom. The molecule has 1 aliphatic heterocycles. The van der Waals surface area contributed by atoms with Gasteiger partial charge in [0.25, 0.3) is 0 Å². The molecule has 1 N–H and O–H groups in total. The molecule has 0 atom stereocenters. The summed E-state index contributed by atoms with van der Waals surface area (Å²) in [6.45, 7) is 0. The molecule has 0 saturated heterocycles. The number of nitriles is 1. The van der Waals surface area contributed by atoms with Crippen LogP contribution < -0.4 is 14.8 Å². The normalized spacial score (nSPS) is 18.5. The molecule has 11 heteroatoms. The van der Waals surface area contributed by atoms with Crippen molar-refractivity contribution in [3.05, 3.63) is 17.2 Å². The summed E-state index contributed by atoms with van der Waals surface area (Å²) in [5.74, 6) is -1.28. The number of thioether (sulfide) groups is 1. The Balaban J connectivity index is 2.46. The van der Waals surface area contributed by atoms with Crippen LogP contribution in [0.1, 0.15) is 0 Å². The third-order valence-electron chi connectivity index (χ3n) is 2.41. The van der Waals surface area contributed by atoms with Gasteiger partial charge in [0.2, 0.25) is 0 Å². The van der Waals surface area contributed by atoms with Gasteiger partial charge in [0.15, 0.2) is 22.9 Å². The summed E-state index contributed by atoms with van der Waals surface area (Å²) in [5.41, 5.74) is -0.0582. The summed E-state index contributed by atoms with van der Waals surface area (Å²) >= 11 is 6.88. The molecule has 0 aliphatic carbocycles. The molecule has 5 nitrogen and oxygen atoms in total. The fourth-order valence-electron chi connectivity index (χ4n) is 1.45. The van der Waals surface area contributed by atoms with Gasteiger partial charge in [-0.25, -0.2) is 4.99 Å². The van der Waals surface area contributed by atoms with Crippen LogP contribution in [0.25, 0.3) is 0 Å². The SMILES string of the molecule is CSC(=Nc1cc2c(cc1Cl)OC(F)(F)C(F)(F)O2)NC#N. The number of aliphatic imine (C=N–C) groups is 1. The van der Waals surface area contributed by atoms with Crippen LogP contribution in [0, 0.1) is 11.5 Å². The number of hydrogen-bond acceptors (Lipinski definition) is 5. The van der Waals surface area contributed by atoms with Crippen molar-refractivity contribution in [3.63, 3.8) is 0 Å². The average molecular weight is 356 g/mol. The molecule has 1 heterocycles. The van der Waals surface area contributed by atoms with Crippen LogP contribution in [-0.4, -0.2) is 23.6 Å². The highest BCUT2D eigenvalue weighted by molar-refractivity contribution is 8.13. The van der Waals surface area contributed by atoms with Crippen LogP contribution in [0.3, 0.4) is 0 Å². The lowest BCUT2D eigenvalue weighted by molar-refractivity contribution is -0.391. The molecule has 1 aromatic carbocycles. The van der Waals surface area contributed by atoms with Gasteiger partial charge in [-0.05, 0) is 6.26 Å². The maximum atomic E-state index is 13.1. The summed E-state index contributed by atoms with van der Waals surface area (Å²) < 4.78 is 60.2. The van der Waals surface area contributed by atoms with Crippen molar-refractivity contribution in [3.8, 4) is 17.7 Å². The Bertz CT molecular complexity index is 678. The zero-order valence-electron chi connectivity index (χ0n) is 10.7. The number of ether oxygens (including phenoxy) is 2. The lowest BCUT2D eigenvalue weighted by Gasteiger charge is -2.32. The summed E-state index contributed by atoms with van der Waals surface area (Å²) in [5, 5.41) is 10.7. The predicted octanol–water partition coefficient (Wildman–Crippen LogP) is 3.72. The number of alkyl halides is 4. The fraction of sp³-hybridized carbons (Fsp3) is 0.273. The Hall–Kier alpha value is -1.86. The fourth-order valence-corrected chi connectivity index (χ4v) is 1.98. The number of fused-ring (bicyclic) bond motifs is 1. The summed E-state index contributed by atoms with van der Waals surface area (Å²) in [6, 6.07) is 1.79. The quantitative estimate of drug-likeness (QED) is 0.273. The zero-order valence-corrected chi connectivity index (χ0v) is 12.2. The summed E-state index contributed by atoms with van der Waals surface area (Å²) in [7, 11) is 0. The number of halogens is 5. The zero-order chi connectivity index (χ0) is 16.5. The van der Waals surface area contributed by atoms with Gasteiger partial charge in [0.1, 0.15) is 0 Å². The van der Waals surface area contributed by atoms with E-state index in [1.165, 1.54) is 0 Å². The first-order valence-corrected chi connectivity index (χ1v) is 7.05. The molecule has 0 saturated carbocycles. The predicted molar refractivity (Wildman–Crippen MR) is 72.0 cm³/mol. The van der Waals surface area contributed by atoms with Crippen molar-refractivity contribution in [1.29, 1.82) is 5.26 Å². The second-order valence-electron chi connectivity index (χ2n) is 3.85. The molecular weight excluding hydrogens is 350 g/mol. The number of hydrogen-bond donors (Lipinski definition) is 1. The van der Waals surface area contributed by atoms with E-state index in [4.69, 9.17) is 16.9 Å². The second kappa shape index (κ2) is 5.73. The molecule has 0 radical (unpaired) electrons. The number of benzene rings is 1. The van der Waals surface area contributed by atoms with E-state index < -0.39 is 23.7 Å². The van der Waals surface area contributed by atoms with Crippen LogP contribution in [0.5, 0.6) is 11.5 Å². The molecule has 0 unspecified atom stereocenters. The Labute approximate surface area is 130 Å². The molecule has 0 aromatic heterocycles. The summed E-state index contributed by atoms with van der Waals surface area (Å²) in [4.78, 5) is 3.90. The Morgan fingerprint density at radius 2 is 1.82 bits per heavy atom. The van der Waals surface area contributed by atoms with Gasteiger partial charge in [-0.15, -0.1) is 0 Å². The molecule has 118 valence electrons.